The van der Waals surface area contributed by atoms with E-state index in [1.54, 1.807) is 13.8 Å². The number of aromatic amines is 2. The van der Waals surface area contributed by atoms with Gasteiger partial charge in [0.2, 0.25) is 0 Å². The van der Waals surface area contributed by atoms with Crippen molar-refractivity contribution in [1.82, 2.24) is 19.9 Å². The van der Waals surface area contributed by atoms with Gasteiger partial charge in [0.25, 0.3) is 0 Å². The van der Waals surface area contributed by atoms with E-state index in [9.17, 15) is 5.11 Å². The molecule has 276 valence electrons. The molecular weight excluding hydrogens is 697 g/mol. The zero-order chi connectivity index (χ0) is 39.3. The maximum absolute atomic E-state index is 10.2. The highest BCUT2D eigenvalue weighted by atomic mass is 16.3. The first-order valence-electron chi connectivity index (χ1n) is 19.3. The molecule has 5 heterocycles. The van der Waals surface area contributed by atoms with Crippen molar-refractivity contribution in [1.29, 1.82) is 0 Å². The van der Waals surface area contributed by atoms with Gasteiger partial charge in [-0.05, 0) is 118 Å². The van der Waals surface area contributed by atoms with E-state index in [1.807, 2.05) is 12.1 Å². The van der Waals surface area contributed by atoms with Crippen molar-refractivity contribution in [3.05, 3.63) is 166 Å². The lowest BCUT2D eigenvalue weighted by Crippen LogP contribution is -2.14. The number of nitrogens with one attached hydrogen (secondary N) is 2. The van der Waals surface area contributed by atoms with Crippen LogP contribution in [0, 0.1) is 32.6 Å². The van der Waals surface area contributed by atoms with Gasteiger partial charge in [-0.1, -0.05) is 113 Å². The molecule has 0 radical (unpaired) electrons. The molecule has 0 fully saturated rings. The molecular formula is C52H42N4O. The van der Waals surface area contributed by atoms with Crippen LogP contribution in [0.15, 0.2) is 121 Å². The number of fused-ring (bicyclic) bond motifs is 8. The molecule has 3 N–H and O–H groups in total. The fraction of sp³-hybridized carbons (Fsp3) is 0.115. The van der Waals surface area contributed by atoms with Crippen LogP contribution >= 0.6 is 0 Å². The first-order valence-corrected chi connectivity index (χ1v) is 19.3. The van der Waals surface area contributed by atoms with Gasteiger partial charge in [0.1, 0.15) is 5.60 Å². The Balaban J connectivity index is 1.42. The van der Waals surface area contributed by atoms with E-state index >= 15 is 0 Å². The molecule has 0 aliphatic carbocycles. The summed E-state index contributed by atoms with van der Waals surface area (Å²) in [5.74, 6) is 6.05. The second-order valence-corrected chi connectivity index (χ2v) is 15.5. The van der Waals surface area contributed by atoms with Crippen LogP contribution in [0.3, 0.4) is 0 Å². The lowest BCUT2D eigenvalue weighted by atomic mass is 10.0. The maximum Gasteiger partial charge on any atom is 0.120 e. The molecule has 0 saturated heterocycles. The van der Waals surface area contributed by atoms with Gasteiger partial charge < -0.3 is 15.1 Å². The smallest absolute Gasteiger partial charge is 0.120 e. The number of rotatable bonds is 4. The lowest BCUT2D eigenvalue weighted by Gasteiger charge is -2.08. The van der Waals surface area contributed by atoms with Crippen molar-refractivity contribution >= 4 is 46.4 Å². The fourth-order valence-electron chi connectivity index (χ4n) is 7.53. The van der Waals surface area contributed by atoms with Gasteiger partial charge in [-0.25, -0.2) is 9.97 Å². The van der Waals surface area contributed by atoms with E-state index in [0.29, 0.717) is 0 Å². The van der Waals surface area contributed by atoms with E-state index in [4.69, 9.17) is 9.97 Å². The minimum Gasteiger partial charge on any atom is -0.378 e. The monoisotopic (exact) mass is 738 g/mol. The van der Waals surface area contributed by atoms with Crippen molar-refractivity contribution in [2.75, 3.05) is 0 Å². The summed E-state index contributed by atoms with van der Waals surface area (Å²) in [6.45, 7) is 9.71. The van der Waals surface area contributed by atoms with Crippen molar-refractivity contribution in [3.63, 3.8) is 0 Å². The third kappa shape index (κ3) is 7.15. The molecule has 5 nitrogen and oxygen atoms in total. The second kappa shape index (κ2) is 14.3. The molecule has 0 spiro atoms. The van der Waals surface area contributed by atoms with Gasteiger partial charge in [0.15, 0.2) is 0 Å². The molecule has 0 amide bonds. The van der Waals surface area contributed by atoms with Crippen LogP contribution in [0.25, 0.3) is 90.9 Å². The molecule has 0 saturated carbocycles. The third-order valence-corrected chi connectivity index (χ3v) is 10.5. The number of benzene rings is 4. The Labute approximate surface area is 333 Å². The first-order chi connectivity index (χ1) is 27.6. The predicted octanol–water partition coefficient (Wildman–Crippen LogP) is 12.4. The summed E-state index contributed by atoms with van der Waals surface area (Å²) >= 11 is 0. The Kier molecular flexibility index (Phi) is 8.92. The highest BCUT2D eigenvalue weighted by Crippen LogP contribution is 2.38. The number of aromatic nitrogens is 4. The third-order valence-electron chi connectivity index (χ3n) is 10.5. The summed E-state index contributed by atoms with van der Waals surface area (Å²) < 4.78 is 0. The Hall–Kier alpha value is -7.00. The van der Waals surface area contributed by atoms with Crippen molar-refractivity contribution in [3.8, 4) is 56.3 Å². The lowest BCUT2D eigenvalue weighted by molar-refractivity contribution is 0.143. The Morgan fingerprint density at radius 2 is 0.702 bits per heavy atom. The van der Waals surface area contributed by atoms with Gasteiger partial charge in [0.05, 0.1) is 22.8 Å². The molecule has 2 aliphatic rings. The topological polar surface area (TPSA) is 77.6 Å². The molecule has 9 rings (SSSR count). The largest absolute Gasteiger partial charge is 0.378 e. The maximum atomic E-state index is 10.2. The van der Waals surface area contributed by atoms with E-state index in [0.717, 1.165) is 94.9 Å². The Bertz CT molecular complexity index is 2930. The molecule has 2 aliphatic heterocycles. The SMILES string of the molecule is Cc1ccc(-c2c3nc(c(-c4ccc(C)cc4)c4ccc([nH]4)c(-c4ccc(C#CC(C)(C)O)cc4)c4nc(c(-c5ccc(C)cc5)c5ccc2[nH]5)C=C4)C=C3)cc1. The van der Waals surface area contributed by atoms with Gasteiger partial charge in [-0.2, -0.15) is 0 Å². The van der Waals surface area contributed by atoms with Crippen LogP contribution in [0.2, 0.25) is 0 Å². The van der Waals surface area contributed by atoms with Crippen LogP contribution < -0.4 is 0 Å². The van der Waals surface area contributed by atoms with Crippen molar-refractivity contribution in [2.45, 2.75) is 40.2 Å². The first kappa shape index (κ1) is 35.7. The zero-order valence-corrected chi connectivity index (χ0v) is 32.7. The summed E-state index contributed by atoms with van der Waals surface area (Å²) in [6.07, 6.45) is 8.50. The van der Waals surface area contributed by atoms with Crippen LogP contribution in [0.5, 0.6) is 0 Å². The predicted molar refractivity (Wildman–Crippen MR) is 238 cm³/mol. The minimum absolute atomic E-state index is 0.824. The molecule has 0 atom stereocenters. The van der Waals surface area contributed by atoms with Gasteiger partial charge >= 0.3 is 0 Å². The summed E-state index contributed by atoms with van der Waals surface area (Å²) in [4.78, 5) is 18.5. The van der Waals surface area contributed by atoms with E-state index < -0.39 is 5.60 Å². The fourth-order valence-corrected chi connectivity index (χ4v) is 7.53. The molecule has 8 bridgehead atoms. The van der Waals surface area contributed by atoms with Gasteiger partial charge in [0, 0.05) is 49.9 Å². The standard InChI is InChI=1S/C52H42N4O/c1-32-6-14-36(15-7-32)48-40-22-24-42(53-40)49(37-16-8-33(2)9-17-37)44-26-28-46(55-44)51(39-20-12-35(13-21-39)30-31-52(4,5)57)47-29-27-45(56-47)50(43-25-23-41(48)54-43)38-18-10-34(3)11-19-38/h6-29,53,56-57H,1-5H3. The highest BCUT2D eigenvalue weighted by molar-refractivity contribution is 5.99. The summed E-state index contributed by atoms with van der Waals surface area (Å²) in [7, 11) is 0. The molecule has 0 unspecified atom stereocenters. The van der Waals surface area contributed by atoms with Crippen molar-refractivity contribution in [2.24, 2.45) is 0 Å². The quantitative estimate of drug-likeness (QED) is 0.157. The van der Waals surface area contributed by atoms with E-state index in [-0.39, 0.29) is 0 Å². The summed E-state index contributed by atoms with van der Waals surface area (Å²) in [5, 5.41) is 10.2. The summed E-state index contributed by atoms with van der Waals surface area (Å²) in [5.41, 5.74) is 18.9. The number of H-pyrrole nitrogens is 2. The molecule has 7 aromatic rings. The normalized spacial score (nSPS) is 12.1. The molecule has 57 heavy (non-hydrogen) atoms. The number of hydrogen-bond donors (Lipinski definition) is 3. The number of aliphatic hydroxyl groups is 1. The van der Waals surface area contributed by atoms with Crippen LogP contribution in [0.4, 0.5) is 0 Å². The molecule has 4 aromatic carbocycles. The van der Waals surface area contributed by atoms with Crippen LogP contribution in [-0.4, -0.2) is 30.6 Å². The van der Waals surface area contributed by atoms with Gasteiger partial charge in [-0.15, -0.1) is 0 Å². The molecule has 3 aromatic heterocycles. The number of aryl methyl sites for hydroxylation is 3. The Morgan fingerprint density at radius 1 is 0.421 bits per heavy atom. The number of nitrogens with zero attached hydrogens (tertiary/aromatic N) is 2. The van der Waals surface area contributed by atoms with E-state index in [2.05, 4.69) is 176 Å². The zero-order valence-electron chi connectivity index (χ0n) is 32.7. The summed E-state index contributed by atoms with van der Waals surface area (Å²) in [6, 6.07) is 42.7. The molecule has 5 heteroatoms. The average Bonchev–Trinajstić information content (AvgIpc) is 4.04. The average molecular weight is 739 g/mol. The van der Waals surface area contributed by atoms with Gasteiger partial charge in [-0.3, -0.25) is 0 Å². The second-order valence-electron chi connectivity index (χ2n) is 15.5. The Morgan fingerprint density at radius 3 is 0.982 bits per heavy atom. The van der Waals surface area contributed by atoms with Crippen molar-refractivity contribution < 1.29 is 5.11 Å². The van der Waals surface area contributed by atoms with Crippen LogP contribution in [0.1, 0.15) is 58.9 Å². The van der Waals surface area contributed by atoms with E-state index in [1.165, 1.54) is 16.7 Å². The minimum atomic E-state index is -1.08. The number of hydrogen-bond acceptors (Lipinski definition) is 3. The van der Waals surface area contributed by atoms with Crippen LogP contribution in [-0.2, 0) is 0 Å². The highest BCUT2D eigenvalue weighted by Gasteiger charge is 2.19.